The van der Waals surface area contributed by atoms with Crippen LogP contribution < -0.4 is 4.74 Å². The molecule has 0 spiro atoms. The van der Waals surface area contributed by atoms with Crippen LogP contribution in [0, 0.1) is 5.92 Å². The molecule has 0 saturated carbocycles. The number of carboxylic acid groups (broad SMARTS) is 1. The van der Waals surface area contributed by atoms with Gasteiger partial charge in [0.05, 0.1) is 6.61 Å². The summed E-state index contributed by atoms with van der Waals surface area (Å²) in [5.41, 5.74) is 0. The van der Waals surface area contributed by atoms with Crippen LogP contribution in [0.2, 0.25) is 0 Å². The molecule has 0 fully saturated rings. The van der Waals surface area contributed by atoms with Gasteiger partial charge < -0.3 is 14.9 Å². The van der Waals surface area contributed by atoms with E-state index in [1.165, 1.54) is 6.08 Å². The van der Waals surface area contributed by atoms with Crippen LogP contribution in [0.15, 0.2) is 41.0 Å². The molecule has 1 aromatic carbocycles. The summed E-state index contributed by atoms with van der Waals surface area (Å²) in [5, 5.41) is 17.6. The number of aliphatic hydroxyl groups excluding tert-OH is 1. The summed E-state index contributed by atoms with van der Waals surface area (Å²) in [4.78, 5) is 11.6. The molecule has 4 nitrogen and oxygen atoms in total. The van der Waals surface area contributed by atoms with Crippen LogP contribution in [0.25, 0.3) is 0 Å². The summed E-state index contributed by atoms with van der Waals surface area (Å²) < 4.78 is 5.49. The molecule has 0 aliphatic carbocycles. The summed E-state index contributed by atoms with van der Waals surface area (Å²) in [6.07, 6.45) is 3.26. The molecule has 2 N–H and O–H groups in total. The fourth-order valence-electron chi connectivity index (χ4n) is 1.29. The molecule has 1 atom stereocenters. The predicted molar refractivity (Wildman–Crippen MR) is 71.2 cm³/mol. The van der Waals surface area contributed by atoms with E-state index in [-0.39, 0.29) is 5.92 Å². The van der Waals surface area contributed by atoms with Crippen molar-refractivity contribution in [2.45, 2.75) is 11.8 Å². The number of benzene rings is 1. The lowest BCUT2D eigenvalue weighted by Crippen LogP contribution is -2.09. The summed E-state index contributed by atoms with van der Waals surface area (Å²) in [6.45, 7) is 2.09. The van der Waals surface area contributed by atoms with E-state index in [9.17, 15) is 4.79 Å². The van der Waals surface area contributed by atoms with Crippen molar-refractivity contribution in [2.75, 3.05) is 12.9 Å². The van der Waals surface area contributed by atoms with Crippen molar-refractivity contribution < 1.29 is 19.7 Å². The van der Waals surface area contributed by atoms with Gasteiger partial charge in [0.2, 0.25) is 0 Å². The normalized spacial score (nSPS) is 13.1. The molecule has 1 rings (SSSR count). The van der Waals surface area contributed by atoms with Gasteiger partial charge in [0, 0.05) is 10.8 Å². The average Bonchev–Trinajstić information content (AvgIpc) is 2.36. The first-order chi connectivity index (χ1) is 8.52. The molecule has 0 aromatic heterocycles. The second-order valence-corrected chi connectivity index (χ2v) is 4.70. The quantitative estimate of drug-likeness (QED) is 0.471. The molecule has 5 heteroatoms. The lowest BCUT2D eigenvalue weighted by atomic mass is 10.2. The zero-order valence-electron chi connectivity index (χ0n) is 10.3. The Kier molecular flexibility index (Phi) is 5.58. The number of hydrogen-bond acceptors (Lipinski definition) is 4. The first kappa shape index (κ1) is 14.4. The molecule has 0 aliphatic heterocycles. The van der Waals surface area contributed by atoms with E-state index in [1.54, 1.807) is 18.7 Å². The number of ether oxygens (including phenoxy) is 1. The molecule has 1 unspecified atom stereocenters. The molecule has 0 bridgehead atoms. The molecule has 18 heavy (non-hydrogen) atoms. The molecule has 0 aliphatic rings. The average molecular weight is 268 g/mol. The van der Waals surface area contributed by atoms with E-state index < -0.39 is 11.7 Å². The maximum Gasteiger partial charge on any atom is 0.370 e. The molecule has 0 heterocycles. The van der Waals surface area contributed by atoms with Gasteiger partial charge in [-0.2, -0.15) is 0 Å². The molecule has 0 saturated heterocycles. The van der Waals surface area contributed by atoms with E-state index in [2.05, 4.69) is 0 Å². The molecule has 98 valence electrons. The lowest BCUT2D eigenvalue weighted by molar-refractivity contribution is -0.135. The maximum atomic E-state index is 10.4. The fourth-order valence-corrected chi connectivity index (χ4v) is 1.70. The number of carbonyl (C=O) groups is 1. The number of aliphatic hydroxyl groups is 1. The third kappa shape index (κ3) is 4.71. The zero-order chi connectivity index (χ0) is 13.5. The Morgan fingerprint density at radius 2 is 2.00 bits per heavy atom. The van der Waals surface area contributed by atoms with Gasteiger partial charge in [-0.15, -0.1) is 11.8 Å². The molecular formula is C13H16O4S. The third-order valence-corrected chi connectivity index (χ3v) is 2.98. The van der Waals surface area contributed by atoms with Gasteiger partial charge in [0.15, 0.2) is 5.76 Å². The Bertz CT molecular complexity index is 425. The Morgan fingerprint density at radius 1 is 1.39 bits per heavy atom. The molecule has 1 aromatic rings. The Labute approximate surface area is 110 Å². The minimum absolute atomic E-state index is 0.179. The summed E-state index contributed by atoms with van der Waals surface area (Å²) in [7, 11) is 0. The number of carboxylic acids is 1. The Balaban J connectivity index is 2.49. The standard InChI is InChI=1S/C13H16O4S/c1-9(7-12(14)13(15)16)8-17-10-3-5-11(18-2)6-4-10/h3-7,9,14H,8H2,1-2H3,(H,15,16)/b12-7-. The summed E-state index contributed by atoms with van der Waals surface area (Å²) in [6, 6.07) is 7.63. The highest BCUT2D eigenvalue weighted by Crippen LogP contribution is 2.19. The van der Waals surface area contributed by atoms with E-state index >= 15 is 0 Å². The van der Waals surface area contributed by atoms with E-state index in [1.807, 2.05) is 30.5 Å². The minimum Gasteiger partial charge on any atom is -0.502 e. The van der Waals surface area contributed by atoms with Crippen molar-refractivity contribution in [3.05, 3.63) is 36.1 Å². The van der Waals surface area contributed by atoms with Crippen LogP contribution in [-0.4, -0.2) is 29.0 Å². The smallest absolute Gasteiger partial charge is 0.370 e. The van der Waals surface area contributed by atoms with Crippen molar-refractivity contribution in [2.24, 2.45) is 5.92 Å². The van der Waals surface area contributed by atoms with Crippen LogP contribution in [0.1, 0.15) is 6.92 Å². The fraction of sp³-hybridized carbons (Fsp3) is 0.308. The second-order valence-electron chi connectivity index (χ2n) is 3.82. The van der Waals surface area contributed by atoms with Crippen molar-refractivity contribution in [3.8, 4) is 5.75 Å². The first-order valence-corrected chi connectivity index (χ1v) is 6.66. The van der Waals surface area contributed by atoms with Crippen molar-refractivity contribution >= 4 is 17.7 Å². The van der Waals surface area contributed by atoms with Gasteiger partial charge >= 0.3 is 5.97 Å². The predicted octanol–water partition coefficient (Wildman–Crippen LogP) is 2.95. The van der Waals surface area contributed by atoms with Gasteiger partial charge in [-0.25, -0.2) is 4.79 Å². The minimum atomic E-state index is -1.33. The van der Waals surface area contributed by atoms with Crippen LogP contribution in [-0.2, 0) is 4.79 Å². The van der Waals surface area contributed by atoms with Crippen molar-refractivity contribution in [3.63, 3.8) is 0 Å². The SMILES string of the molecule is CSc1ccc(OCC(C)/C=C(\O)C(=O)O)cc1. The van der Waals surface area contributed by atoms with Gasteiger partial charge in [0.1, 0.15) is 5.75 Å². The highest BCUT2D eigenvalue weighted by Gasteiger charge is 2.07. The highest BCUT2D eigenvalue weighted by atomic mass is 32.2. The zero-order valence-corrected chi connectivity index (χ0v) is 11.1. The van der Waals surface area contributed by atoms with Crippen molar-refractivity contribution in [1.82, 2.24) is 0 Å². The summed E-state index contributed by atoms with van der Waals surface area (Å²) >= 11 is 1.65. The molecule has 0 radical (unpaired) electrons. The highest BCUT2D eigenvalue weighted by molar-refractivity contribution is 7.98. The van der Waals surface area contributed by atoms with Gasteiger partial charge in [0.25, 0.3) is 0 Å². The van der Waals surface area contributed by atoms with Crippen molar-refractivity contribution in [1.29, 1.82) is 0 Å². The number of thioether (sulfide) groups is 1. The second kappa shape index (κ2) is 6.96. The number of hydrogen-bond donors (Lipinski definition) is 2. The van der Waals surface area contributed by atoms with Crippen LogP contribution in [0.5, 0.6) is 5.75 Å². The van der Waals surface area contributed by atoms with Crippen LogP contribution in [0.4, 0.5) is 0 Å². The Hall–Kier alpha value is -1.62. The third-order valence-electron chi connectivity index (χ3n) is 2.23. The monoisotopic (exact) mass is 268 g/mol. The maximum absolute atomic E-state index is 10.4. The van der Waals surface area contributed by atoms with Gasteiger partial charge in [-0.3, -0.25) is 0 Å². The van der Waals surface area contributed by atoms with Gasteiger partial charge in [-0.05, 0) is 36.6 Å². The van der Waals surface area contributed by atoms with E-state index in [0.717, 1.165) is 10.6 Å². The van der Waals surface area contributed by atoms with Crippen LogP contribution >= 0.6 is 11.8 Å². The topological polar surface area (TPSA) is 66.8 Å². The number of aliphatic carboxylic acids is 1. The van der Waals surface area contributed by atoms with Crippen LogP contribution in [0.3, 0.4) is 0 Å². The Morgan fingerprint density at radius 3 is 2.50 bits per heavy atom. The van der Waals surface area contributed by atoms with Gasteiger partial charge in [-0.1, -0.05) is 6.92 Å². The van der Waals surface area contributed by atoms with E-state index in [0.29, 0.717) is 6.61 Å². The largest absolute Gasteiger partial charge is 0.502 e. The number of rotatable bonds is 6. The summed E-state index contributed by atoms with van der Waals surface area (Å²) in [5.74, 6) is -1.43. The first-order valence-electron chi connectivity index (χ1n) is 5.44. The molecular weight excluding hydrogens is 252 g/mol. The lowest BCUT2D eigenvalue weighted by Gasteiger charge is -2.10. The van der Waals surface area contributed by atoms with E-state index in [4.69, 9.17) is 14.9 Å². The molecule has 0 amide bonds.